The minimum absolute atomic E-state index is 0.0903. The van der Waals surface area contributed by atoms with Crippen molar-refractivity contribution in [2.45, 2.75) is 11.5 Å². The van der Waals surface area contributed by atoms with Crippen molar-refractivity contribution >= 4 is 80.0 Å². The molecule has 0 radical (unpaired) electrons. The molecule has 3 aromatic heterocycles. The summed E-state index contributed by atoms with van der Waals surface area (Å²) in [6.07, 6.45) is 1.89. The van der Waals surface area contributed by atoms with E-state index >= 15 is 0 Å². The monoisotopic (exact) mass is 526 g/mol. The Morgan fingerprint density at radius 1 is 1.04 bits per heavy atom. The molecule has 1 aliphatic carbocycles. The van der Waals surface area contributed by atoms with E-state index in [0.29, 0.717) is 31.2 Å². The first-order chi connectivity index (χ1) is 11.5. The van der Waals surface area contributed by atoms with Crippen LogP contribution in [0.1, 0.15) is 25.2 Å². The van der Waals surface area contributed by atoms with E-state index in [1.165, 1.54) is 15.8 Å². The van der Waals surface area contributed by atoms with E-state index in [9.17, 15) is 9.59 Å². The van der Waals surface area contributed by atoms with Crippen molar-refractivity contribution in [2.75, 3.05) is 0 Å². The second-order valence-corrected chi connectivity index (χ2v) is 20.6. The van der Waals surface area contributed by atoms with Gasteiger partial charge in [0, 0.05) is 0 Å². The first-order valence-corrected chi connectivity index (χ1v) is 18.4. The van der Waals surface area contributed by atoms with E-state index in [1.807, 2.05) is 6.08 Å². The van der Waals surface area contributed by atoms with E-state index in [2.05, 4.69) is 28.6 Å². The van der Waals surface area contributed by atoms with Gasteiger partial charge in [-0.3, -0.25) is 0 Å². The molecule has 0 N–H and O–H groups in total. The van der Waals surface area contributed by atoms with E-state index in [1.54, 1.807) is 28.4 Å². The molecule has 0 saturated heterocycles. The molecule has 5 rings (SSSR count). The third-order valence-electron chi connectivity index (χ3n) is 4.90. The van der Waals surface area contributed by atoms with E-state index in [0.717, 1.165) is 0 Å². The number of Topliss-reactive ketones (excluding diaryl/α,β-unsaturated/α-hetero) is 2. The van der Waals surface area contributed by atoms with Gasteiger partial charge in [-0.05, 0) is 0 Å². The van der Waals surface area contributed by atoms with Crippen LogP contribution in [0.4, 0.5) is 0 Å². The predicted molar refractivity (Wildman–Crippen MR) is 103 cm³/mol. The van der Waals surface area contributed by atoms with Crippen LogP contribution in [0.5, 0.6) is 0 Å². The molecule has 0 unspecified atom stereocenters. The number of ketones is 2. The van der Waals surface area contributed by atoms with Crippen molar-refractivity contribution in [1.82, 2.24) is 0 Å². The average molecular weight is 523 g/mol. The molecule has 2 nitrogen and oxygen atoms in total. The van der Waals surface area contributed by atoms with Crippen LogP contribution in [-0.4, -0.2) is 53.8 Å². The molecule has 4 heterocycles. The Morgan fingerprint density at radius 2 is 1.75 bits per heavy atom. The first kappa shape index (κ1) is 15.6. The van der Waals surface area contributed by atoms with Crippen LogP contribution in [0, 0.1) is 0 Å². The second kappa shape index (κ2) is 5.17. The molecular formula is C18H12GeO2SSe2. The fraction of sp³-hybridized carbons (Fsp3) is 0.111. The SMILES string of the molecule is [CH3][Ge]1([CH3])[c]2cc[se]c2-c2[se]c(C=C3C(=O)c4cscc4C3=O)c[c]21. The van der Waals surface area contributed by atoms with Crippen molar-refractivity contribution in [1.29, 1.82) is 0 Å². The first-order valence-electron chi connectivity index (χ1n) is 7.58. The van der Waals surface area contributed by atoms with Crippen LogP contribution < -0.4 is 8.79 Å². The number of hydrogen-bond donors (Lipinski definition) is 0. The number of carbonyl (C=O) groups excluding carboxylic acids is 2. The molecule has 2 aliphatic rings. The van der Waals surface area contributed by atoms with Crippen molar-refractivity contribution in [3.05, 3.63) is 49.0 Å². The Morgan fingerprint density at radius 3 is 2.46 bits per heavy atom. The summed E-state index contributed by atoms with van der Waals surface area (Å²) in [5.41, 5.74) is 1.56. The third kappa shape index (κ3) is 1.94. The summed E-state index contributed by atoms with van der Waals surface area (Å²) in [5.74, 6) is 4.75. The zero-order valence-electron chi connectivity index (χ0n) is 13.0. The van der Waals surface area contributed by atoms with Crippen molar-refractivity contribution in [2.24, 2.45) is 0 Å². The maximum absolute atomic E-state index is 12.5. The Hall–Kier alpha value is -0.678. The molecule has 24 heavy (non-hydrogen) atoms. The van der Waals surface area contributed by atoms with Crippen molar-refractivity contribution < 1.29 is 9.59 Å². The van der Waals surface area contributed by atoms with E-state index in [4.69, 9.17) is 0 Å². The molecule has 0 bridgehead atoms. The normalized spacial score (nSPS) is 17.2. The zero-order valence-corrected chi connectivity index (χ0v) is 19.3. The Balaban J connectivity index is 1.63. The molecule has 118 valence electrons. The quantitative estimate of drug-likeness (QED) is 0.279. The predicted octanol–water partition coefficient (Wildman–Crippen LogP) is 2.13. The maximum atomic E-state index is 12.5. The van der Waals surface area contributed by atoms with E-state index in [-0.39, 0.29) is 26.1 Å². The van der Waals surface area contributed by atoms with Crippen LogP contribution in [0.3, 0.4) is 0 Å². The topological polar surface area (TPSA) is 34.1 Å². The van der Waals surface area contributed by atoms with Gasteiger partial charge in [0.2, 0.25) is 0 Å². The van der Waals surface area contributed by atoms with Crippen molar-refractivity contribution in [3.63, 3.8) is 0 Å². The Labute approximate surface area is 158 Å². The van der Waals surface area contributed by atoms with Crippen LogP contribution in [0.25, 0.3) is 15.0 Å². The summed E-state index contributed by atoms with van der Waals surface area (Å²) in [6, 6.07) is 4.69. The summed E-state index contributed by atoms with van der Waals surface area (Å²) in [7, 11) is 0. The molecular weight excluding hydrogens is 511 g/mol. The van der Waals surface area contributed by atoms with Gasteiger partial charge < -0.3 is 0 Å². The molecule has 6 heteroatoms. The van der Waals surface area contributed by atoms with Gasteiger partial charge in [0.1, 0.15) is 0 Å². The average Bonchev–Trinajstić information content (AvgIpc) is 3.31. The van der Waals surface area contributed by atoms with Gasteiger partial charge >= 0.3 is 159 Å². The number of allylic oxidation sites excluding steroid dienone is 1. The van der Waals surface area contributed by atoms with Crippen LogP contribution in [-0.2, 0) is 0 Å². The molecule has 0 aromatic carbocycles. The van der Waals surface area contributed by atoms with E-state index < -0.39 is 13.3 Å². The molecule has 0 atom stereocenters. The Bertz CT molecular complexity index is 1050. The molecule has 0 fully saturated rings. The summed E-state index contributed by atoms with van der Waals surface area (Å²) < 4.78 is 7.65. The van der Waals surface area contributed by atoms with Gasteiger partial charge in [0.25, 0.3) is 0 Å². The number of hydrogen-bond acceptors (Lipinski definition) is 3. The molecule has 1 aliphatic heterocycles. The fourth-order valence-electron chi connectivity index (χ4n) is 3.55. The number of thiophene rings is 1. The number of fused-ring (bicyclic) bond motifs is 4. The van der Waals surface area contributed by atoms with Crippen LogP contribution >= 0.6 is 11.3 Å². The molecule has 3 aromatic rings. The number of carbonyl (C=O) groups is 2. The summed E-state index contributed by atoms with van der Waals surface area (Å²) in [4.78, 5) is 27.3. The van der Waals surface area contributed by atoms with Crippen LogP contribution in [0.15, 0.2) is 33.4 Å². The van der Waals surface area contributed by atoms with Gasteiger partial charge in [0.05, 0.1) is 0 Å². The van der Waals surface area contributed by atoms with Crippen molar-refractivity contribution in [3.8, 4) is 8.87 Å². The fourth-order valence-corrected chi connectivity index (χ4v) is 23.3. The van der Waals surface area contributed by atoms with Gasteiger partial charge in [0.15, 0.2) is 0 Å². The summed E-state index contributed by atoms with van der Waals surface area (Å²) in [5, 5.41) is 3.59. The molecule has 0 spiro atoms. The summed E-state index contributed by atoms with van der Waals surface area (Å²) in [6.45, 7) is 0. The number of rotatable bonds is 1. The second-order valence-electron chi connectivity index (χ2n) is 6.60. The molecule has 0 saturated carbocycles. The minimum atomic E-state index is -2.12. The van der Waals surface area contributed by atoms with Gasteiger partial charge in [-0.25, -0.2) is 0 Å². The third-order valence-corrected chi connectivity index (χ3v) is 19.6. The standard InChI is InChI=1S/C18H12GeO2SSe2/c1-19(2)13-3-4-23-17(13)18-14(19)6-9(24-18)5-10-15(20)11-7-22-8-12(11)16(10)21/h3-8H,1-2H3. The summed E-state index contributed by atoms with van der Waals surface area (Å²) >= 11 is 0.0341. The van der Waals surface area contributed by atoms with Gasteiger partial charge in [-0.1, -0.05) is 0 Å². The zero-order chi connectivity index (χ0) is 16.6. The van der Waals surface area contributed by atoms with Gasteiger partial charge in [-0.15, -0.1) is 0 Å². The van der Waals surface area contributed by atoms with Crippen LogP contribution in [0.2, 0.25) is 11.5 Å². The van der Waals surface area contributed by atoms with Gasteiger partial charge in [-0.2, -0.15) is 0 Å². The molecule has 0 amide bonds. The Kier molecular flexibility index (Phi) is 3.35.